The van der Waals surface area contributed by atoms with Crippen molar-refractivity contribution in [2.45, 2.75) is 25.3 Å². The van der Waals surface area contributed by atoms with E-state index in [0.717, 1.165) is 22.7 Å². The molecule has 1 heterocycles. The first-order chi connectivity index (χ1) is 11.1. The van der Waals surface area contributed by atoms with Crippen LogP contribution in [0.5, 0.6) is 0 Å². The first kappa shape index (κ1) is 14.5. The van der Waals surface area contributed by atoms with E-state index in [9.17, 15) is 4.79 Å². The van der Waals surface area contributed by atoms with Crippen LogP contribution in [0.4, 0.5) is 5.69 Å². The minimum atomic E-state index is 0.102. The fourth-order valence-corrected chi connectivity index (χ4v) is 4.04. The lowest BCUT2D eigenvalue weighted by Crippen LogP contribution is -2.30. The van der Waals surface area contributed by atoms with Crippen LogP contribution in [0.1, 0.15) is 46.8 Å². The molecule has 0 amide bonds. The molecule has 2 aromatic rings. The Morgan fingerprint density at radius 1 is 1.17 bits per heavy atom. The summed E-state index contributed by atoms with van der Waals surface area (Å²) < 4.78 is 0. The quantitative estimate of drug-likeness (QED) is 0.594. The summed E-state index contributed by atoms with van der Waals surface area (Å²) in [4.78, 5) is 12.0. The van der Waals surface area contributed by atoms with Crippen molar-refractivity contribution >= 4 is 23.1 Å². The van der Waals surface area contributed by atoms with Gasteiger partial charge in [0.2, 0.25) is 0 Å². The zero-order chi connectivity index (χ0) is 16.0. The van der Waals surface area contributed by atoms with Gasteiger partial charge >= 0.3 is 0 Å². The maximum Gasteiger partial charge on any atom is 0.161 e. The number of hydrogen-bond donors (Lipinski definition) is 1. The highest BCUT2D eigenvalue weighted by Gasteiger charge is 2.38. The first-order valence-electron chi connectivity index (χ1n) is 7.97. The third-order valence-electron chi connectivity index (χ3n) is 5.01. The predicted molar refractivity (Wildman–Crippen MR) is 94.3 cm³/mol. The Kier molecular flexibility index (Phi) is 3.50. The van der Waals surface area contributed by atoms with Gasteiger partial charge in [0.15, 0.2) is 5.78 Å². The second-order valence-electron chi connectivity index (χ2n) is 6.35. The van der Waals surface area contributed by atoms with Gasteiger partial charge in [-0.2, -0.15) is 0 Å². The Balaban J connectivity index is 1.83. The minimum absolute atomic E-state index is 0.102. The van der Waals surface area contributed by atoms with E-state index in [4.69, 9.17) is 11.6 Å². The number of halogens is 1. The monoisotopic (exact) mass is 323 g/mol. The molecule has 0 bridgehead atoms. The predicted octanol–water partition coefficient (Wildman–Crippen LogP) is 5.37. The molecule has 3 heteroatoms. The maximum absolute atomic E-state index is 12.0. The number of ketones is 1. The Bertz CT molecular complexity index is 794. The van der Waals surface area contributed by atoms with Gasteiger partial charge in [0, 0.05) is 22.2 Å². The van der Waals surface area contributed by atoms with Crippen molar-refractivity contribution in [2.75, 3.05) is 5.32 Å². The minimum Gasteiger partial charge on any atom is -0.377 e. The van der Waals surface area contributed by atoms with Crippen LogP contribution in [0, 0.1) is 5.92 Å². The molecule has 1 N–H and O–H groups in total. The maximum atomic E-state index is 12.0. The van der Waals surface area contributed by atoms with Crippen LogP contribution in [-0.2, 0) is 0 Å². The molecule has 3 unspecified atom stereocenters. The van der Waals surface area contributed by atoms with Gasteiger partial charge in [-0.1, -0.05) is 48.0 Å². The fourth-order valence-electron chi connectivity index (χ4n) is 3.91. The second-order valence-corrected chi connectivity index (χ2v) is 6.79. The van der Waals surface area contributed by atoms with E-state index in [0.29, 0.717) is 11.8 Å². The zero-order valence-corrected chi connectivity index (χ0v) is 13.7. The van der Waals surface area contributed by atoms with Crippen molar-refractivity contribution < 1.29 is 4.79 Å². The highest BCUT2D eigenvalue weighted by Crippen LogP contribution is 2.50. The summed E-state index contributed by atoms with van der Waals surface area (Å²) in [6.07, 6.45) is 5.60. The van der Waals surface area contributed by atoms with E-state index in [1.165, 1.54) is 11.1 Å². The molecule has 0 radical (unpaired) electrons. The van der Waals surface area contributed by atoms with Gasteiger partial charge < -0.3 is 5.32 Å². The van der Waals surface area contributed by atoms with Gasteiger partial charge in [0.1, 0.15) is 0 Å². The Morgan fingerprint density at radius 3 is 2.70 bits per heavy atom. The lowest BCUT2D eigenvalue weighted by Gasteiger charge is -2.38. The van der Waals surface area contributed by atoms with E-state index in [1.54, 1.807) is 6.92 Å². The van der Waals surface area contributed by atoms with E-state index < -0.39 is 0 Å². The molecule has 0 saturated heterocycles. The molecule has 2 aliphatic rings. The number of rotatable bonds is 2. The zero-order valence-electron chi connectivity index (χ0n) is 12.9. The summed E-state index contributed by atoms with van der Waals surface area (Å²) in [6.45, 7) is 1.63. The van der Waals surface area contributed by atoms with Gasteiger partial charge in [-0.05, 0) is 48.6 Å². The SMILES string of the molecule is CC(=O)c1cccc2c1NC(c1ccc(Cl)cc1)C1CC=CC21. The Labute approximate surface area is 141 Å². The van der Waals surface area contributed by atoms with E-state index >= 15 is 0 Å². The average Bonchev–Trinajstić information content (AvgIpc) is 3.04. The van der Waals surface area contributed by atoms with Gasteiger partial charge in [-0.3, -0.25) is 4.79 Å². The van der Waals surface area contributed by atoms with E-state index in [1.807, 2.05) is 24.3 Å². The molecule has 23 heavy (non-hydrogen) atoms. The van der Waals surface area contributed by atoms with Crippen LogP contribution in [-0.4, -0.2) is 5.78 Å². The van der Waals surface area contributed by atoms with Crippen LogP contribution in [0.25, 0.3) is 0 Å². The summed E-state index contributed by atoms with van der Waals surface area (Å²) in [6, 6.07) is 14.3. The number of para-hydroxylation sites is 1. The number of nitrogens with one attached hydrogen (secondary N) is 1. The van der Waals surface area contributed by atoms with E-state index in [2.05, 4.69) is 35.7 Å². The molecule has 2 nitrogen and oxygen atoms in total. The fraction of sp³-hybridized carbons (Fsp3) is 0.250. The topological polar surface area (TPSA) is 29.1 Å². The molecule has 0 fully saturated rings. The highest BCUT2D eigenvalue weighted by atomic mass is 35.5. The number of fused-ring (bicyclic) bond motifs is 3. The second kappa shape index (κ2) is 5.54. The van der Waals surface area contributed by atoms with Crippen molar-refractivity contribution in [1.29, 1.82) is 0 Å². The normalized spacial score (nSPS) is 24.7. The summed E-state index contributed by atoms with van der Waals surface area (Å²) in [5, 5.41) is 4.40. The van der Waals surface area contributed by atoms with Gasteiger partial charge in [-0.15, -0.1) is 0 Å². The molecule has 2 aromatic carbocycles. The van der Waals surface area contributed by atoms with Gasteiger partial charge in [-0.25, -0.2) is 0 Å². The smallest absolute Gasteiger partial charge is 0.161 e. The summed E-state index contributed by atoms with van der Waals surface area (Å²) in [5.41, 5.74) is 4.23. The number of allylic oxidation sites excluding steroid dienone is 2. The van der Waals surface area contributed by atoms with Crippen molar-refractivity contribution in [3.8, 4) is 0 Å². The number of carbonyl (C=O) groups excluding carboxylic acids is 1. The molecule has 4 rings (SSSR count). The molecule has 1 aliphatic heterocycles. The standard InChI is InChI=1S/C20H18ClNO/c1-12(23)15-4-2-7-18-16-5-3-6-17(16)19(22-20(15)18)13-8-10-14(21)11-9-13/h2-5,7-11,16-17,19,22H,6H2,1H3. The molecular weight excluding hydrogens is 306 g/mol. The van der Waals surface area contributed by atoms with Crippen LogP contribution < -0.4 is 5.32 Å². The molecule has 116 valence electrons. The van der Waals surface area contributed by atoms with Crippen molar-refractivity contribution in [1.82, 2.24) is 0 Å². The van der Waals surface area contributed by atoms with Crippen molar-refractivity contribution in [3.05, 3.63) is 76.3 Å². The van der Waals surface area contributed by atoms with Gasteiger partial charge in [0.05, 0.1) is 6.04 Å². The Morgan fingerprint density at radius 2 is 1.96 bits per heavy atom. The molecule has 0 spiro atoms. The molecule has 0 saturated carbocycles. The summed E-state index contributed by atoms with van der Waals surface area (Å²) in [5.74, 6) is 0.946. The molecular formula is C20H18ClNO. The van der Waals surface area contributed by atoms with E-state index in [-0.39, 0.29) is 11.8 Å². The number of Topliss-reactive ketones (excluding diaryl/α,β-unsaturated/α-hetero) is 1. The van der Waals surface area contributed by atoms with Gasteiger partial charge in [0.25, 0.3) is 0 Å². The molecule has 0 aromatic heterocycles. The molecule has 1 aliphatic carbocycles. The van der Waals surface area contributed by atoms with Crippen LogP contribution in [0.15, 0.2) is 54.6 Å². The summed E-state index contributed by atoms with van der Waals surface area (Å²) >= 11 is 6.03. The molecule has 3 atom stereocenters. The lowest BCUT2D eigenvalue weighted by molar-refractivity contribution is 0.101. The lowest BCUT2D eigenvalue weighted by atomic mass is 9.76. The Hall–Kier alpha value is -2.06. The van der Waals surface area contributed by atoms with Crippen molar-refractivity contribution in [3.63, 3.8) is 0 Å². The number of anilines is 1. The third kappa shape index (κ3) is 2.38. The number of carbonyl (C=O) groups is 1. The average molecular weight is 324 g/mol. The first-order valence-corrected chi connectivity index (χ1v) is 8.35. The van der Waals surface area contributed by atoms with Crippen LogP contribution >= 0.6 is 11.6 Å². The number of benzene rings is 2. The third-order valence-corrected chi connectivity index (χ3v) is 5.26. The summed E-state index contributed by atoms with van der Waals surface area (Å²) in [7, 11) is 0. The number of hydrogen-bond acceptors (Lipinski definition) is 2. The van der Waals surface area contributed by atoms with Crippen LogP contribution in [0.2, 0.25) is 5.02 Å². The van der Waals surface area contributed by atoms with Crippen molar-refractivity contribution in [2.24, 2.45) is 5.92 Å². The van der Waals surface area contributed by atoms with Crippen LogP contribution in [0.3, 0.4) is 0 Å². The highest BCUT2D eigenvalue weighted by molar-refractivity contribution is 6.30. The largest absolute Gasteiger partial charge is 0.377 e.